The topological polar surface area (TPSA) is 90.9 Å². The van der Waals surface area contributed by atoms with Gasteiger partial charge in [-0.2, -0.15) is 0 Å². The molecule has 3 aromatic carbocycles. The fourth-order valence-corrected chi connectivity index (χ4v) is 4.60. The molecule has 1 unspecified atom stereocenters. The smallest absolute Gasteiger partial charge is 0.337 e. The summed E-state index contributed by atoms with van der Waals surface area (Å²) in [6.45, 7) is 2.40. The van der Waals surface area contributed by atoms with Crippen LogP contribution in [0.15, 0.2) is 72.8 Å². The zero-order chi connectivity index (χ0) is 24.4. The normalized spacial score (nSPS) is 18.7. The third kappa shape index (κ3) is 4.82. The first-order chi connectivity index (χ1) is 17.0. The highest BCUT2D eigenvalue weighted by molar-refractivity contribution is 6.37. The maximum absolute atomic E-state index is 13.1. The largest absolute Gasteiger partial charge is 0.465 e. The first kappa shape index (κ1) is 22.8. The molecule has 35 heavy (non-hydrogen) atoms. The van der Waals surface area contributed by atoms with Crippen LogP contribution in [0.25, 0.3) is 11.3 Å². The fourth-order valence-electron chi connectivity index (χ4n) is 4.60. The first-order valence-corrected chi connectivity index (χ1v) is 11.6. The van der Waals surface area contributed by atoms with Crippen molar-refractivity contribution >= 4 is 34.5 Å². The van der Waals surface area contributed by atoms with Crippen molar-refractivity contribution in [3.05, 3.63) is 95.1 Å². The van der Waals surface area contributed by atoms with E-state index in [1.54, 1.807) is 18.2 Å². The molecule has 1 atom stereocenters. The molecule has 0 spiro atoms. The van der Waals surface area contributed by atoms with Gasteiger partial charge in [-0.1, -0.05) is 48.5 Å². The number of nitrogens with zero attached hydrogens (tertiary/aromatic N) is 1. The summed E-state index contributed by atoms with van der Waals surface area (Å²) >= 11 is 0. The Hall–Kier alpha value is -3.94. The number of amides is 1. The van der Waals surface area contributed by atoms with Crippen LogP contribution < -0.4 is 10.6 Å². The van der Waals surface area contributed by atoms with E-state index in [2.05, 4.69) is 27.7 Å². The zero-order valence-corrected chi connectivity index (χ0v) is 19.5. The van der Waals surface area contributed by atoms with Crippen LogP contribution in [0, 0.1) is 0 Å². The summed E-state index contributed by atoms with van der Waals surface area (Å²) in [6, 6.07) is 22.9. The Labute approximate surface area is 204 Å². The molecule has 178 valence electrons. The number of carbonyl (C=O) groups excluding carboxylic acids is 2. The van der Waals surface area contributed by atoms with Crippen LogP contribution in [0.3, 0.4) is 0 Å². The van der Waals surface area contributed by atoms with E-state index in [4.69, 9.17) is 4.74 Å². The van der Waals surface area contributed by atoms with Crippen LogP contribution in [0.4, 0.5) is 11.4 Å². The molecule has 2 aliphatic heterocycles. The van der Waals surface area contributed by atoms with Gasteiger partial charge in [-0.05, 0) is 41.8 Å². The van der Waals surface area contributed by atoms with Gasteiger partial charge in [0.25, 0.3) is 5.91 Å². The van der Waals surface area contributed by atoms with Crippen molar-refractivity contribution in [3.63, 3.8) is 0 Å². The lowest BCUT2D eigenvalue weighted by atomic mass is 9.99. The number of fused-ring (bicyclic) bond motifs is 1. The standard InChI is InChI=1S/C28H27N3O4/c1-35-28(34)20-9-12-23-24(15-20)30-27(33)25(23)26(19-5-3-2-4-6-19)29-21-10-7-18(8-11-21)16-31-14-13-22(32)17-31/h2-12,15,22,29,32H,13-14,16-17H2,1H3,(H,30,33)/b26-25-. The van der Waals surface area contributed by atoms with E-state index in [0.717, 1.165) is 41.9 Å². The second-order valence-corrected chi connectivity index (χ2v) is 8.82. The summed E-state index contributed by atoms with van der Waals surface area (Å²) in [5, 5.41) is 16.1. The van der Waals surface area contributed by atoms with Crippen LogP contribution in [0.2, 0.25) is 0 Å². The van der Waals surface area contributed by atoms with Crippen molar-refractivity contribution in [2.24, 2.45) is 0 Å². The maximum atomic E-state index is 13.1. The van der Waals surface area contributed by atoms with E-state index < -0.39 is 5.97 Å². The summed E-state index contributed by atoms with van der Waals surface area (Å²) in [5.41, 5.74) is 5.76. The Morgan fingerprint density at radius 3 is 2.54 bits per heavy atom. The van der Waals surface area contributed by atoms with Crippen LogP contribution in [0.5, 0.6) is 0 Å². The van der Waals surface area contributed by atoms with Gasteiger partial charge < -0.3 is 20.5 Å². The minimum Gasteiger partial charge on any atom is -0.465 e. The number of anilines is 2. The summed E-state index contributed by atoms with van der Waals surface area (Å²) in [7, 11) is 1.33. The summed E-state index contributed by atoms with van der Waals surface area (Å²) in [5.74, 6) is -0.693. The molecule has 1 saturated heterocycles. The predicted octanol–water partition coefficient (Wildman–Crippen LogP) is 3.97. The number of aliphatic hydroxyl groups is 1. The lowest BCUT2D eigenvalue weighted by Gasteiger charge is -2.17. The number of esters is 1. The van der Waals surface area contributed by atoms with Crippen LogP contribution in [-0.4, -0.2) is 48.2 Å². The second-order valence-electron chi connectivity index (χ2n) is 8.82. The molecule has 0 bridgehead atoms. The molecule has 5 rings (SSSR count). The number of carbonyl (C=O) groups is 2. The number of rotatable bonds is 6. The average molecular weight is 470 g/mol. The number of hydrogen-bond donors (Lipinski definition) is 3. The zero-order valence-electron chi connectivity index (χ0n) is 19.5. The van der Waals surface area contributed by atoms with Crippen molar-refractivity contribution in [1.29, 1.82) is 0 Å². The van der Waals surface area contributed by atoms with Gasteiger partial charge in [0.15, 0.2) is 0 Å². The molecular weight excluding hydrogens is 442 g/mol. The highest BCUT2D eigenvalue weighted by atomic mass is 16.5. The van der Waals surface area contributed by atoms with Crippen molar-refractivity contribution < 1.29 is 19.4 Å². The van der Waals surface area contributed by atoms with Gasteiger partial charge in [-0.25, -0.2) is 4.79 Å². The highest BCUT2D eigenvalue weighted by Gasteiger charge is 2.29. The van der Waals surface area contributed by atoms with Crippen LogP contribution >= 0.6 is 0 Å². The molecule has 1 fully saturated rings. The third-order valence-electron chi connectivity index (χ3n) is 6.37. The summed E-state index contributed by atoms with van der Waals surface area (Å²) < 4.78 is 4.81. The van der Waals surface area contributed by atoms with Gasteiger partial charge in [0, 0.05) is 30.9 Å². The minimum absolute atomic E-state index is 0.236. The van der Waals surface area contributed by atoms with Gasteiger partial charge in [0.2, 0.25) is 0 Å². The molecule has 7 heteroatoms. The molecule has 3 aromatic rings. The summed E-state index contributed by atoms with van der Waals surface area (Å²) in [4.78, 5) is 27.3. The van der Waals surface area contributed by atoms with Crippen molar-refractivity contribution in [2.45, 2.75) is 19.1 Å². The van der Waals surface area contributed by atoms with Crippen molar-refractivity contribution in [2.75, 3.05) is 30.8 Å². The molecule has 0 saturated carbocycles. The number of benzene rings is 3. The predicted molar refractivity (Wildman–Crippen MR) is 136 cm³/mol. The van der Waals surface area contributed by atoms with Crippen molar-refractivity contribution in [3.8, 4) is 0 Å². The molecule has 2 heterocycles. The Morgan fingerprint density at radius 1 is 1.09 bits per heavy atom. The number of aliphatic hydroxyl groups excluding tert-OH is 1. The second kappa shape index (κ2) is 9.74. The minimum atomic E-state index is -0.454. The molecule has 2 aliphatic rings. The van der Waals surface area contributed by atoms with E-state index >= 15 is 0 Å². The SMILES string of the molecule is COC(=O)c1ccc2c(c1)NC(=O)/C2=C(\Nc1ccc(CN2CCC(O)C2)cc1)c1ccccc1. The number of methoxy groups -OCH3 is 1. The van der Waals surface area contributed by atoms with E-state index in [9.17, 15) is 14.7 Å². The van der Waals surface area contributed by atoms with Gasteiger partial charge in [-0.3, -0.25) is 9.69 Å². The van der Waals surface area contributed by atoms with E-state index in [1.165, 1.54) is 7.11 Å². The molecule has 0 radical (unpaired) electrons. The number of likely N-dealkylation sites (tertiary alicyclic amines) is 1. The average Bonchev–Trinajstić information content (AvgIpc) is 3.44. The lowest BCUT2D eigenvalue weighted by Crippen LogP contribution is -2.21. The number of ether oxygens (including phenoxy) is 1. The maximum Gasteiger partial charge on any atom is 0.337 e. The Balaban J connectivity index is 1.48. The van der Waals surface area contributed by atoms with E-state index in [-0.39, 0.29) is 12.0 Å². The summed E-state index contributed by atoms with van der Waals surface area (Å²) in [6.07, 6.45) is 0.582. The van der Waals surface area contributed by atoms with Crippen LogP contribution in [0.1, 0.15) is 33.5 Å². The number of hydrogen-bond acceptors (Lipinski definition) is 6. The van der Waals surface area contributed by atoms with Gasteiger partial charge in [0.1, 0.15) is 0 Å². The highest BCUT2D eigenvalue weighted by Crippen LogP contribution is 2.38. The molecule has 0 aliphatic carbocycles. The Morgan fingerprint density at radius 2 is 1.86 bits per heavy atom. The first-order valence-electron chi connectivity index (χ1n) is 11.6. The third-order valence-corrected chi connectivity index (χ3v) is 6.37. The van der Waals surface area contributed by atoms with Gasteiger partial charge >= 0.3 is 5.97 Å². The van der Waals surface area contributed by atoms with E-state index in [0.29, 0.717) is 29.1 Å². The van der Waals surface area contributed by atoms with Gasteiger partial charge in [-0.15, -0.1) is 0 Å². The molecule has 1 amide bonds. The quantitative estimate of drug-likeness (QED) is 0.374. The fraction of sp³-hybridized carbons (Fsp3) is 0.214. The van der Waals surface area contributed by atoms with Crippen molar-refractivity contribution in [1.82, 2.24) is 4.90 Å². The monoisotopic (exact) mass is 469 g/mol. The molecule has 3 N–H and O–H groups in total. The Bertz CT molecular complexity index is 1290. The lowest BCUT2D eigenvalue weighted by molar-refractivity contribution is -0.110. The van der Waals surface area contributed by atoms with Gasteiger partial charge in [0.05, 0.1) is 35.7 Å². The number of nitrogens with one attached hydrogen (secondary N) is 2. The molecular formula is C28H27N3O4. The molecule has 0 aromatic heterocycles. The van der Waals surface area contributed by atoms with E-state index in [1.807, 2.05) is 42.5 Å². The Kier molecular flexibility index (Phi) is 6.35. The number of β-amino-alcohol motifs (C(OH)–C–C–N with tert-alkyl or cyclic N) is 1. The van der Waals surface area contributed by atoms with Crippen LogP contribution in [-0.2, 0) is 16.1 Å². The molecule has 7 nitrogen and oxygen atoms in total.